The van der Waals surface area contributed by atoms with E-state index in [4.69, 9.17) is 9.15 Å². The minimum Gasteiger partial charge on any atom is -0.423 e. The molecule has 1 amide bonds. The maximum absolute atomic E-state index is 12.6. The molecule has 4 rings (SSSR count). The molecular formula is C22H24N4O3. The molecule has 1 aromatic carbocycles. The lowest BCUT2D eigenvalue weighted by Gasteiger charge is -2.26. The first-order chi connectivity index (χ1) is 14.2. The second-order valence-electron chi connectivity index (χ2n) is 7.36. The molecule has 0 N–H and O–H groups in total. The Labute approximate surface area is 169 Å². The molecule has 0 bridgehead atoms. The van der Waals surface area contributed by atoms with Gasteiger partial charge in [0.1, 0.15) is 5.75 Å². The van der Waals surface area contributed by atoms with Gasteiger partial charge < -0.3 is 14.1 Å². The summed E-state index contributed by atoms with van der Waals surface area (Å²) in [5.41, 5.74) is 2.49. The fourth-order valence-electron chi connectivity index (χ4n) is 3.72. The zero-order valence-electron chi connectivity index (χ0n) is 16.5. The molecule has 0 atom stereocenters. The fraction of sp³-hybridized carbons (Fsp3) is 0.364. The third kappa shape index (κ3) is 4.62. The molecule has 0 spiro atoms. The van der Waals surface area contributed by atoms with E-state index < -0.39 is 0 Å². The maximum atomic E-state index is 12.6. The van der Waals surface area contributed by atoms with E-state index in [9.17, 15) is 4.79 Å². The summed E-state index contributed by atoms with van der Waals surface area (Å²) in [6, 6.07) is 9.61. The van der Waals surface area contributed by atoms with Crippen LogP contribution in [-0.4, -0.2) is 39.3 Å². The molecule has 2 heterocycles. The highest BCUT2D eigenvalue weighted by molar-refractivity contribution is 5.73. The number of benzene rings is 1. The van der Waals surface area contributed by atoms with Gasteiger partial charge in [-0.15, -0.1) is 10.2 Å². The van der Waals surface area contributed by atoms with E-state index in [-0.39, 0.29) is 12.1 Å². The molecule has 29 heavy (non-hydrogen) atoms. The van der Waals surface area contributed by atoms with Crippen LogP contribution < -0.4 is 4.74 Å². The van der Waals surface area contributed by atoms with Crippen LogP contribution in [0.25, 0.3) is 22.6 Å². The molecule has 0 radical (unpaired) electrons. The van der Waals surface area contributed by atoms with Gasteiger partial charge in [-0.2, -0.15) is 0 Å². The van der Waals surface area contributed by atoms with Gasteiger partial charge in [0.2, 0.25) is 12.3 Å². The van der Waals surface area contributed by atoms with Crippen LogP contribution >= 0.6 is 0 Å². The van der Waals surface area contributed by atoms with Crippen LogP contribution in [-0.2, 0) is 0 Å². The van der Waals surface area contributed by atoms with Crippen LogP contribution in [0.5, 0.6) is 5.75 Å². The Kier molecular flexibility index (Phi) is 5.84. The lowest BCUT2D eigenvalue weighted by atomic mass is 10.1. The van der Waals surface area contributed by atoms with E-state index in [1.54, 1.807) is 23.4 Å². The summed E-state index contributed by atoms with van der Waals surface area (Å²) in [6.45, 7) is 0. The lowest BCUT2D eigenvalue weighted by Crippen LogP contribution is -2.38. The average molecular weight is 392 g/mol. The Morgan fingerprint density at radius 1 is 1.07 bits per heavy atom. The van der Waals surface area contributed by atoms with Crippen LogP contribution in [0.1, 0.15) is 38.5 Å². The van der Waals surface area contributed by atoms with Crippen molar-refractivity contribution in [2.24, 2.45) is 0 Å². The van der Waals surface area contributed by atoms with Gasteiger partial charge in [0.05, 0.1) is 5.56 Å². The number of pyridine rings is 1. The van der Waals surface area contributed by atoms with Gasteiger partial charge in [-0.1, -0.05) is 37.8 Å². The fourth-order valence-corrected chi connectivity index (χ4v) is 3.72. The smallest absolute Gasteiger partial charge is 0.415 e. The summed E-state index contributed by atoms with van der Waals surface area (Å²) in [7, 11) is 1.83. The average Bonchev–Trinajstić information content (AvgIpc) is 3.16. The van der Waals surface area contributed by atoms with E-state index in [2.05, 4.69) is 15.2 Å². The number of hydrogen-bond acceptors (Lipinski definition) is 6. The topological polar surface area (TPSA) is 81.4 Å². The number of nitrogens with zero attached hydrogens (tertiary/aromatic N) is 4. The summed E-state index contributed by atoms with van der Waals surface area (Å²) < 4.78 is 10.9. The Bertz CT molecular complexity index is 950. The minimum absolute atomic E-state index is 0.253. The number of carbonyl (C=O) groups excluding carboxylic acids is 1. The second-order valence-corrected chi connectivity index (χ2v) is 7.36. The van der Waals surface area contributed by atoms with E-state index in [1.807, 2.05) is 31.3 Å². The molecule has 1 fully saturated rings. The number of hydrogen-bond donors (Lipinski definition) is 0. The van der Waals surface area contributed by atoms with Crippen molar-refractivity contribution in [3.63, 3.8) is 0 Å². The van der Waals surface area contributed by atoms with Crippen LogP contribution in [0.4, 0.5) is 4.79 Å². The first kappa shape index (κ1) is 19.1. The van der Waals surface area contributed by atoms with Crippen LogP contribution in [0, 0.1) is 0 Å². The van der Waals surface area contributed by atoms with Gasteiger partial charge in [-0.3, -0.25) is 4.98 Å². The van der Waals surface area contributed by atoms with E-state index in [1.165, 1.54) is 32.1 Å². The molecule has 7 heteroatoms. The van der Waals surface area contributed by atoms with Crippen molar-refractivity contribution in [1.82, 2.24) is 20.1 Å². The number of amides is 1. The quantitative estimate of drug-likeness (QED) is 0.584. The van der Waals surface area contributed by atoms with E-state index in [0.717, 1.165) is 29.5 Å². The van der Waals surface area contributed by atoms with Gasteiger partial charge in [-0.05, 0) is 36.6 Å². The van der Waals surface area contributed by atoms with Gasteiger partial charge >= 0.3 is 6.09 Å². The van der Waals surface area contributed by atoms with Crippen LogP contribution in [0.15, 0.2) is 53.5 Å². The molecule has 1 saturated carbocycles. The van der Waals surface area contributed by atoms with Crippen molar-refractivity contribution in [3.05, 3.63) is 49.1 Å². The van der Waals surface area contributed by atoms with Crippen molar-refractivity contribution in [2.75, 3.05) is 7.05 Å². The molecule has 2 aromatic heterocycles. The predicted molar refractivity (Wildman–Crippen MR) is 108 cm³/mol. The zero-order valence-corrected chi connectivity index (χ0v) is 16.5. The number of ether oxygens (including phenoxy) is 1. The van der Waals surface area contributed by atoms with Crippen molar-refractivity contribution in [3.8, 4) is 28.3 Å². The first-order valence-corrected chi connectivity index (χ1v) is 9.97. The number of aromatic nitrogens is 3. The molecule has 3 aromatic rings. The van der Waals surface area contributed by atoms with Gasteiger partial charge in [0.15, 0.2) is 0 Å². The highest BCUT2D eigenvalue weighted by Crippen LogP contribution is 2.27. The summed E-state index contributed by atoms with van der Waals surface area (Å²) in [6.07, 6.45) is 11.3. The molecule has 0 saturated heterocycles. The van der Waals surface area contributed by atoms with Crippen LogP contribution in [0.2, 0.25) is 0 Å². The Morgan fingerprint density at radius 3 is 2.62 bits per heavy atom. The third-order valence-electron chi connectivity index (χ3n) is 5.38. The molecule has 1 aliphatic carbocycles. The largest absolute Gasteiger partial charge is 0.423 e. The minimum atomic E-state index is -0.313. The van der Waals surface area contributed by atoms with E-state index >= 15 is 0 Å². The van der Waals surface area contributed by atoms with E-state index in [0.29, 0.717) is 11.6 Å². The Balaban J connectivity index is 1.49. The summed E-state index contributed by atoms with van der Waals surface area (Å²) in [5.74, 6) is 0.920. The first-order valence-electron chi connectivity index (χ1n) is 9.97. The normalized spacial score (nSPS) is 14.9. The van der Waals surface area contributed by atoms with Crippen molar-refractivity contribution in [2.45, 2.75) is 44.6 Å². The molecule has 7 nitrogen and oxygen atoms in total. The van der Waals surface area contributed by atoms with Crippen molar-refractivity contribution >= 4 is 6.09 Å². The summed E-state index contributed by atoms with van der Waals surface area (Å²) >= 11 is 0. The van der Waals surface area contributed by atoms with Gasteiger partial charge in [0.25, 0.3) is 0 Å². The monoisotopic (exact) mass is 392 g/mol. The third-order valence-corrected chi connectivity index (χ3v) is 5.38. The standard InChI is InChI=1S/C22H24N4O3/c1-26(19-8-4-2-3-5-9-19)22(27)29-20-10-6-7-16(12-20)17-11-18(14-23-13-17)21-25-24-15-28-21/h6-7,10-15,19H,2-5,8-9H2,1H3. The summed E-state index contributed by atoms with van der Waals surface area (Å²) in [4.78, 5) is 18.7. The SMILES string of the molecule is CN(C(=O)Oc1cccc(-c2cncc(-c3nnco3)c2)c1)C1CCCCCC1. The second kappa shape index (κ2) is 8.86. The van der Waals surface area contributed by atoms with Crippen molar-refractivity contribution < 1.29 is 13.9 Å². The Morgan fingerprint density at radius 2 is 1.86 bits per heavy atom. The lowest BCUT2D eigenvalue weighted by molar-refractivity contribution is 0.140. The molecular weight excluding hydrogens is 368 g/mol. The van der Waals surface area contributed by atoms with Crippen molar-refractivity contribution in [1.29, 1.82) is 0 Å². The van der Waals surface area contributed by atoms with Crippen LogP contribution in [0.3, 0.4) is 0 Å². The predicted octanol–water partition coefficient (Wildman–Crippen LogP) is 4.95. The zero-order chi connectivity index (χ0) is 20.1. The number of carbonyl (C=O) groups is 1. The van der Waals surface area contributed by atoms with Gasteiger partial charge in [0, 0.05) is 31.0 Å². The van der Waals surface area contributed by atoms with Gasteiger partial charge in [-0.25, -0.2) is 4.79 Å². The highest BCUT2D eigenvalue weighted by atomic mass is 16.6. The molecule has 1 aliphatic rings. The number of rotatable bonds is 4. The maximum Gasteiger partial charge on any atom is 0.415 e. The summed E-state index contributed by atoms with van der Waals surface area (Å²) in [5, 5.41) is 7.62. The molecule has 0 aliphatic heterocycles. The molecule has 150 valence electrons. The highest BCUT2D eigenvalue weighted by Gasteiger charge is 2.22. The molecule has 0 unspecified atom stereocenters. The Hall–Kier alpha value is -3.22.